The first-order valence-corrected chi connectivity index (χ1v) is 17.6. The highest BCUT2D eigenvalue weighted by molar-refractivity contribution is 7.53. The molecule has 2 rings (SSSR count). The van der Waals surface area contributed by atoms with E-state index in [0.717, 1.165) is 0 Å². The Morgan fingerprint density at radius 2 is 1.76 bits per heavy atom. The first-order chi connectivity index (χ1) is 17.6. The van der Waals surface area contributed by atoms with Crippen LogP contribution in [0.5, 0.6) is 0 Å². The Hall–Kier alpha value is -1.15. The van der Waals surface area contributed by atoms with Gasteiger partial charge in [0.2, 0.25) is 0 Å². The number of ether oxygens (including phenoxy) is 3. The number of hydrogen-bond acceptors (Lipinski definition) is 10. The standard InChI is InChI=1S/C24H45N2O10PSi/c1-10-33-37(30,34-11-2)15-17(27)18-19(36-38(8,9)24(4,5)6)20(32-13-12-31-7)22(35-18)26-14-16(3)21(28)25-23(26)29/h14,17-20,22,27H,10-13,15H2,1-9H3,(H,25,28,29)/t17-,18-,19-,20-,22-/m1/s1. The first-order valence-electron chi connectivity index (χ1n) is 12.9. The van der Waals surface area contributed by atoms with Crippen LogP contribution in [0.15, 0.2) is 15.8 Å². The molecule has 12 nitrogen and oxygen atoms in total. The maximum atomic E-state index is 13.3. The second-order valence-corrected chi connectivity index (χ2v) is 17.7. The van der Waals surface area contributed by atoms with Gasteiger partial charge < -0.3 is 32.8 Å². The topological polar surface area (TPSA) is 148 Å². The van der Waals surface area contributed by atoms with Gasteiger partial charge in [-0.05, 0) is 38.9 Å². The number of hydrogen-bond donors (Lipinski definition) is 2. The Kier molecular flexibility index (Phi) is 11.7. The molecule has 0 spiro atoms. The van der Waals surface area contributed by atoms with Crippen molar-refractivity contribution in [3.8, 4) is 0 Å². The van der Waals surface area contributed by atoms with Crippen molar-refractivity contribution in [2.24, 2.45) is 0 Å². The van der Waals surface area contributed by atoms with Crippen LogP contribution in [-0.2, 0) is 32.2 Å². The molecular weight excluding hydrogens is 535 g/mol. The van der Waals surface area contributed by atoms with Crippen molar-refractivity contribution >= 4 is 15.9 Å². The summed E-state index contributed by atoms with van der Waals surface area (Å²) in [5.41, 5.74) is -0.908. The first kappa shape index (κ1) is 33.1. The zero-order valence-corrected chi connectivity index (χ0v) is 25.9. The van der Waals surface area contributed by atoms with Gasteiger partial charge in [-0.15, -0.1) is 0 Å². The Morgan fingerprint density at radius 3 is 2.29 bits per heavy atom. The molecule has 5 atom stereocenters. The van der Waals surface area contributed by atoms with Crippen LogP contribution >= 0.6 is 7.60 Å². The van der Waals surface area contributed by atoms with E-state index in [1.807, 2.05) is 0 Å². The second kappa shape index (κ2) is 13.5. The molecule has 0 aromatic carbocycles. The summed E-state index contributed by atoms with van der Waals surface area (Å²) < 4.78 is 49.7. The van der Waals surface area contributed by atoms with E-state index < -0.39 is 57.8 Å². The Labute approximate surface area is 225 Å². The quantitative estimate of drug-likeness (QED) is 0.191. The SMILES string of the molecule is CCOP(=O)(C[C@@H](O)[C@H]1O[C@@H](n2cc(C)c(=O)[nH]c2=O)[C@H](OCCOC)[C@@H]1O[Si](C)(C)C(C)(C)C)OCC. The maximum Gasteiger partial charge on any atom is 0.333 e. The van der Waals surface area contributed by atoms with Crippen LogP contribution in [0.4, 0.5) is 0 Å². The van der Waals surface area contributed by atoms with Crippen LogP contribution in [0.3, 0.4) is 0 Å². The molecule has 0 amide bonds. The van der Waals surface area contributed by atoms with Crippen molar-refractivity contribution in [1.29, 1.82) is 0 Å². The van der Waals surface area contributed by atoms with E-state index in [1.165, 1.54) is 17.9 Å². The van der Waals surface area contributed by atoms with Gasteiger partial charge in [-0.1, -0.05) is 20.8 Å². The third-order valence-corrected chi connectivity index (χ3v) is 13.5. The van der Waals surface area contributed by atoms with E-state index in [9.17, 15) is 19.3 Å². The number of nitrogens with zero attached hydrogens (tertiary/aromatic N) is 1. The van der Waals surface area contributed by atoms with Crippen LogP contribution in [-0.4, -0.2) is 87.1 Å². The Balaban J connectivity index is 2.60. The average molecular weight is 581 g/mol. The van der Waals surface area contributed by atoms with Gasteiger partial charge in [-0.2, -0.15) is 0 Å². The molecule has 0 saturated carbocycles. The van der Waals surface area contributed by atoms with E-state index in [4.69, 9.17) is 27.7 Å². The number of aliphatic hydroxyl groups is 1. The zero-order chi connectivity index (χ0) is 28.9. The van der Waals surface area contributed by atoms with Gasteiger partial charge >= 0.3 is 13.3 Å². The third kappa shape index (κ3) is 7.95. The van der Waals surface area contributed by atoms with E-state index in [-0.39, 0.29) is 37.6 Å². The minimum Gasteiger partial charge on any atom is -0.408 e. The number of aryl methyl sites for hydroxylation is 1. The molecule has 0 unspecified atom stereocenters. The highest BCUT2D eigenvalue weighted by atomic mass is 31.2. The molecule has 0 aliphatic carbocycles. The van der Waals surface area contributed by atoms with Gasteiger partial charge in [0.05, 0.1) is 38.7 Å². The lowest BCUT2D eigenvalue weighted by molar-refractivity contribution is -0.0903. The van der Waals surface area contributed by atoms with Gasteiger partial charge in [-0.3, -0.25) is 18.9 Å². The van der Waals surface area contributed by atoms with Gasteiger partial charge in [0.15, 0.2) is 14.5 Å². The molecule has 14 heteroatoms. The molecule has 0 radical (unpaired) electrons. The largest absolute Gasteiger partial charge is 0.408 e. The monoisotopic (exact) mass is 580 g/mol. The summed E-state index contributed by atoms with van der Waals surface area (Å²) in [6.45, 7) is 16.0. The van der Waals surface area contributed by atoms with Crippen molar-refractivity contribution in [1.82, 2.24) is 9.55 Å². The molecule has 2 N–H and O–H groups in total. The molecule has 1 aliphatic heterocycles. The van der Waals surface area contributed by atoms with Gasteiger partial charge in [0, 0.05) is 18.9 Å². The molecule has 0 bridgehead atoms. The molecule has 1 saturated heterocycles. The summed E-state index contributed by atoms with van der Waals surface area (Å²) in [6, 6.07) is 0. The van der Waals surface area contributed by atoms with Crippen LogP contribution in [0.1, 0.15) is 46.4 Å². The zero-order valence-electron chi connectivity index (χ0n) is 24.0. The highest BCUT2D eigenvalue weighted by Gasteiger charge is 2.54. The van der Waals surface area contributed by atoms with Crippen molar-refractivity contribution in [2.75, 3.05) is 39.7 Å². The molecule has 1 fully saturated rings. The molecule has 38 heavy (non-hydrogen) atoms. The summed E-state index contributed by atoms with van der Waals surface area (Å²) >= 11 is 0. The summed E-state index contributed by atoms with van der Waals surface area (Å²) in [7, 11) is -4.59. The fourth-order valence-corrected chi connectivity index (χ4v) is 6.98. The normalized spacial score (nSPS) is 23.6. The summed E-state index contributed by atoms with van der Waals surface area (Å²) in [5.74, 6) is 0. The third-order valence-electron chi connectivity index (χ3n) is 6.92. The average Bonchev–Trinajstić information content (AvgIpc) is 3.13. The van der Waals surface area contributed by atoms with Crippen molar-refractivity contribution in [3.63, 3.8) is 0 Å². The van der Waals surface area contributed by atoms with E-state index in [1.54, 1.807) is 20.8 Å². The fraction of sp³-hybridized carbons (Fsp3) is 0.833. The molecule has 1 aromatic rings. The van der Waals surface area contributed by atoms with E-state index in [0.29, 0.717) is 5.56 Å². The smallest absolute Gasteiger partial charge is 0.333 e. The van der Waals surface area contributed by atoms with Crippen LogP contribution in [0.25, 0.3) is 0 Å². The predicted octanol–water partition coefficient (Wildman–Crippen LogP) is 2.79. The minimum absolute atomic E-state index is 0.136. The lowest BCUT2D eigenvalue weighted by atomic mass is 10.1. The number of aromatic nitrogens is 2. The van der Waals surface area contributed by atoms with Crippen molar-refractivity contribution < 1.29 is 37.4 Å². The van der Waals surface area contributed by atoms with E-state index in [2.05, 4.69) is 38.8 Å². The number of nitrogens with one attached hydrogen (secondary N) is 1. The summed E-state index contributed by atoms with van der Waals surface area (Å²) in [6.07, 6.45) is -4.09. The van der Waals surface area contributed by atoms with Crippen molar-refractivity contribution in [3.05, 3.63) is 32.6 Å². The molecule has 220 valence electrons. The van der Waals surface area contributed by atoms with Crippen LogP contribution in [0, 0.1) is 6.92 Å². The lowest BCUT2D eigenvalue weighted by Crippen LogP contribution is -2.52. The summed E-state index contributed by atoms with van der Waals surface area (Å²) in [4.78, 5) is 27.2. The van der Waals surface area contributed by atoms with Crippen LogP contribution < -0.4 is 11.2 Å². The van der Waals surface area contributed by atoms with Crippen LogP contribution in [0.2, 0.25) is 18.1 Å². The minimum atomic E-state index is -3.65. The maximum absolute atomic E-state index is 13.3. The van der Waals surface area contributed by atoms with E-state index >= 15 is 0 Å². The lowest BCUT2D eigenvalue weighted by Gasteiger charge is -2.41. The Bertz CT molecular complexity index is 1060. The number of aromatic amines is 1. The number of methoxy groups -OCH3 is 1. The summed E-state index contributed by atoms with van der Waals surface area (Å²) in [5, 5.41) is 11.2. The molecular formula is C24H45N2O10PSi. The molecule has 1 aromatic heterocycles. The molecule has 1 aliphatic rings. The number of H-pyrrole nitrogens is 1. The number of rotatable bonds is 14. The van der Waals surface area contributed by atoms with Gasteiger partial charge in [-0.25, -0.2) is 4.79 Å². The number of aliphatic hydroxyl groups excluding tert-OH is 1. The van der Waals surface area contributed by atoms with Crippen molar-refractivity contribution in [2.45, 2.75) is 90.3 Å². The van der Waals surface area contributed by atoms with Gasteiger partial charge in [0.1, 0.15) is 18.3 Å². The molecule has 2 heterocycles. The highest BCUT2D eigenvalue weighted by Crippen LogP contribution is 2.50. The predicted molar refractivity (Wildman–Crippen MR) is 145 cm³/mol. The fourth-order valence-electron chi connectivity index (χ4n) is 3.94. The van der Waals surface area contributed by atoms with Gasteiger partial charge in [0.25, 0.3) is 5.56 Å². The Morgan fingerprint density at radius 1 is 1.16 bits per heavy atom. The second-order valence-electron chi connectivity index (χ2n) is 10.8.